The van der Waals surface area contributed by atoms with Crippen LogP contribution >= 0.6 is 11.6 Å². The number of pyridine rings is 1. The molecule has 0 saturated carbocycles. The van der Waals surface area contributed by atoms with E-state index in [0.29, 0.717) is 17.2 Å². The fourth-order valence-corrected chi connectivity index (χ4v) is 1.89. The van der Waals surface area contributed by atoms with Crippen molar-refractivity contribution in [2.75, 3.05) is 0 Å². The summed E-state index contributed by atoms with van der Waals surface area (Å²) in [5.41, 5.74) is 7.02. The molecule has 1 heterocycles. The van der Waals surface area contributed by atoms with Gasteiger partial charge in [-0.1, -0.05) is 18.5 Å². The van der Waals surface area contributed by atoms with Gasteiger partial charge in [-0.25, -0.2) is 4.98 Å². The number of nitrogens with zero attached hydrogens (tertiary/aromatic N) is 1. The molecule has 0 saturated heterocycles. The van der Waals surface area contributed by atoms with Gasteiger partial charge in [0.25, 0.3) is 0 Å². The van der Waals surface area contributed by atoms with Crippen LogP contribution in [0.1, 0.15) is 18.1 Å². The summed E-state index contributed by atoms with van der Waals surface area (Å²) in [6.07, 6.45) is 2.39. The minimum absolute atomic E-state index is 0.0161. The van der Waals surface area contributed by atoms with Crippen LogP contribution < -0.4 is 10.5 Å². The van der Waals surface area contributed by atoms with Gasteiger partial charge in [0, 0.05) is 22.8 Å². The number of ether oxygens (including phenoxy) is 1. The lowest BCUT2D eigenvalue weighted by atomic mass is 10.1. The van der Waals surface area contributed by atoms with E-state index >= 15 is 0 Å². The van der Waals surface area contributed by atoms with Crippen molar-refractivity contribution >= 4 is 17.4 Å². The molecule has 0 radical (unpaired) electrons. The summed E-state index contributed by atoms with van der Waals surface area (Å²) >= 11 is 6.05. The highest BCUT2D eigenvalue weighted by molar-refractivity contribution is 6.31. The zero-order chi connectivity index (χ0) is 13.8. The normalized spacial score (nSPS) is 10.2. The minimum atomic E-state index is -0.0161. The Bertz CT molecular complexity index is 613. The van der Waals surface area contributed by atoms with Crippen molar-refractivity contribution in [3.63, 3.8) is 0 Å². The van der Waals surface area contributed by atoms with Gasteiger partial charge in [0.15, 0.2) is 0 Å². The number of nitrogens with two attached hydrogens (primary N) is 1. The van der Waals surface area contributed by atoms with Crippen LogP contribution in [0.15, 0.2) is 36.5 Å². The number of aromatic nitrogens is 1. The molecule has 0 unspecified atom stereocenters. The molecule has 2 aromatic rings. The Morgan fingerprint density at radius 2 is 2.16 bits per heavy atom. The SMILES string of the molecule is CCc1cc(Oc2cc(C(=N)N)ccn2)ccc1Cl. The van der Waals surface area contributed by atoms with Crippen molar-refractivity contribution in [2.24, 2.45) is 5.73 Å². The first-order valence-corrected chi connectivity index (χ1v) is 6.24. The predicted octanol–water partition coefficient (Wildman–Crippen LogP) is 3.37. The van der Waals surface area contributed by atoms with Gasteiger partial charge in [0.1, 0.15) is 11.6 Å². The third-order valence-corrected chi connectivity index (χ3v) is 3.04. The van der Waals surface area contributed by atoms with Gasteiger partial charge in [-0.15, -0.1) is 0 Å². The largest absolute Gasteiger partial charge is 0.439 e. The Morgan fingerprint density at radius 1 is 1.37 bits per heavy atom. The quantitative estimate of drug-likeness (QED) is 0.664. The Hall–Kier alpha value is -2.07. The van der Waals surface area contributed by atoms with Crippen molar-refractivity contribution in [3.05, 3.63) is 52.7 Å². The highest BCUT2D eigenvalue weighted by Crippen LogP contribution is 2.26. The standard InChI is InChI=1S/C14H14ClN3O/c1-2-9-7-11(3-4-12(9)15)19-13-8-10(14(16)17)5-6-18-13/h3-8H,2H2,1H3,(H3,16,17). The molecule has 3 N–H and O–H groups in total. The summed E-state index contributed by atoms with van der Waals surface area (Å²) in [5.74, 6) is 1.05. The van der Waals surface area contributed by atoms with E-state index in [1.165, 1.54) is 0 Å². The summed E-state index contributed by atoms with van der Waals surface area (Å²) in [6.45, 7) is 2.03. The lowest BCUT2D eigenvalue weighted by molar-refractivity contribution is 0.462. The molecular weight excluding hydrogens is 262 g/mol. The Morgan fingerprint density at radius 3 is 2.84 bits per heavy atom. The molecule has 19 heavy (non-hydrogen) atoms. The maximum absolute atomic E-state index is 7.38. The van der Waals surface area contributed by atoms with Gasteiger partial charge in [-0.3, -0.25) is 5.41 Å². The van der Waals surface area contributed by atoms with Crippen molar-refractivity contribution in [2.45, 2.75) is 13.3 Å². The summed E-state index contributed by atoms with van der Waals surface area (Å²) in [5, 5.41) is 8.10. The number of amidine groups is 1. The molecule has 0 fully saturated rings. The molecule has 0 spiro atoms. The fraction of sp³-hybridized carbons (Fsp3) is 0.143. The molecule has 98 valence electrons. The summed E-state index contributed by atoms with van der Waals surface area (Å²) in [7, 11) is 0. The van der Waals surface area contributed by atoms with Crippen LogP contribution in [0.4, 0.5) is 0 Å². The average molecular weight is 276 g/mol. The second kappa shape index (κ2) is 5.71. The van der Waals surface area contributed by atoms with Gasteiger partial charge in [-0.2, -0.15) is 0 Å². The Balaban J connectivity index is 2.26. The number of rotatable bonds is 4. The van der Waals surface area contributed by atoms with Crippen molar-refractivity contribution in [1.82, 2.24) is 4.98 Å². The molecule has 1 aromatic heterocycles. The maximum atomic E-state index is 7.38. The first-order valence-electron chi connectivity index (χ1n) is 5.87. The van der Waals surface area contributed by atoms with Crippen LogP contribution in [0.5, 0.6) is 11.6 Å². The molecule has 0 aliphatic carbocycles. The smallest absolute Gasteiger partial charge is 0.219 e. The predicted molar refractivity (Wildman–Crippen MR) is 76.2 cm³/mol. The second-order valence-electron chi connectivity index (χ2n) is 4.01. The molecule has 2 rings (SSSR count). The number of nitrogen functional groups attached to an aromatic ring is 1. The van der Waals surface area contributed by atoms with Gasteiger partial charge in [0.2, 0.25) is 5.88 Å². The lowest BCUT2D eigenvalue weighted by Crippen LogP contribution is -2.11. The molecule has 4 nitrogen and oxygen atoms in total. The third kappa shape index (κ3) is 3.23. The number of halogens is 1. The first kappa shape index (κ1) is 13.4. The topological polar surface area (TPSA) is 72.0 Å². The van der Waals surface area contributed by atoms with E-state index in [1.54, 1.807) is 30.5 Å². The van der Waals surface area contributed by atoms with Gasteiger partial charge < -0.3 is 10.5 Å². The molecule has 5 heteroatoms. The van der Waals surface area contributed by atoms with Crippen LogP contribution in [-0.4, -0.2) is 10.8 Å². The first-order chi connectivity index (χ1) is 9.10. The number of aryl methyl sites for hydroxylation is 1. The number of benzene rings is 1. The maximum Gasteiger partial charge on any atom is 0.219 e. The van der Waals surface area contributed by atoms with E-state index in [9.17, 15) is 0 Å². The summed E-state index contributed by atoms with van der Waals surface area (Å²) < 4.78 is 5.64. The Labute approximate surface area is 116 Å². The highest BCUT2D eigenvalue weighted by Gasteiger charge is 2.05. The monoisotopic (exact) mass is 275 g/mol. The zero-order valence-electron chi connectivity index (χ0n) is 10.5. The van der Waals surface area contributed by atoms with Crippen LogP contribution in [0.25, 0.3) is 0 Å². The van der Waals surface area contributed by atoms with E-state index in [1.807, 2.05) is 13.0 Å². The average Bonchev–Trinajstić information content (AvgIpc) is 2.41. The molecule has 1 aromatic carbocycles. The van der Waals surface area contributed by atoms with Gasteiger partial charge in [0.05, 0.1) is 0 Å². The molecule has 0 bridgehead atoms. The van der Waals surface area contributed by atoms with Crippen LogP contribution in [0.2, 0.25) is 5.02 Å². The fourth-order valence-electron chi connectivity index (χ4n) is 1.64. The molecule has 0 aliphatic rings. The van der Waals surface area contributed by atoms with Gasteiger partial charge >= 0.3 is 0 Å². The van der Waals surface area contributed by atoms with E-state index in [-0.39, 0.29) is 5.84 Å². The van der Waals surface area contributed by atoms with E-state index in [2.05, 4.69) is 4.98 Å². The molecular formula is C14H14ClN3O. The number of hydrogen-bond acceptors (Lipinski definition) is 3. The van der Waals surface area contributed by atoms with E-state index in [4.69, 9.17) is 27.5 Å². The second-order valence-corrected chi connectivity index (χ2v) is 4.41. The summed E-state index contributed by atoms with van der Waals surface area (Å²) in [6, 6.07) is 8.75. The Kier molecular flexibility index (Phi) is 4.02. The van der Waals surface area contributed by atoms with Crippen molar-refractivity contribution < 1.29 is 4.74 Å². The summed E-state index contributed by atoms with van der Waals surface area (Å²) in [4.78, 5) is 4.09. The molecule has 0 amide bonds. The van der Waals surface area contributed by atoms with E-state index < -0.39 is 0 Å². The number of nitrogens with one attached hydrogen (secondary N) is 1. The van der Waals surface area contributed by atoms with Crippen LogP contribution in [0, 0.1) is 5.41 Å². The van der Waals surface area contributed by atoms with Crippen LogP contribution in [-0.2, 0) is 6.42 Å². The molecule has 0 aliphatic heterocycles. The lowest BCUT2D eigenvalue weighted by Gasteiger charge is -2.08. The minimum Gasteiger partial charge on any atom is -0.439 e. The highest BCUT2D eigenvalue weighted by atomic mass is 35.5. The van der Waals surface area contributed by atoms with Crippen molar-refractivity contribution in [1.29, 1.82) is 5.41 Å². The number of hydrogen-bond donors (Lipinski definition) is 2. The third-order valence-electron chi connectivity index (χ3n) is 2.67. The van der Waals surface area contributed by atoms with Crippen molar-refractivity contribution in [3.8, 4) is 11.6 Å². The zero-order valence-corrected chi connectivity index (χ0v) is 11.2. The molecule has 0 atom stereocenters. The van der Waals surface area contributed by atoms with Gasteiger partial charge in [-0.05, 0) is 36.2 Å². The van der Waals surface area contributed by atoms with Crippen LogP contribution in [0.3, 0.4) is 0 Å². The van der Waals surface area contributed by atoms with E-state index in [0.717, 1.165) is 17.0 Å².